The molecule has 0 aliphatic carbocycles. The van der Waals surface area contributed by atoms with Gasteiger partial charge in [0.1, 0.15) is 0 Å². The Kier molecular flexibility index (Phi) is 4.15. The van der Waals surface area contributed by atoms with Gasteiger partial charge in [-0.25, -0.2) is 0 Å². The van der Waals surface area contributed by atoms with Crippen LogP contribution < -0.4 is 10.6 Å². The van der Waals surface area contributed by atoms with Crippen molar-refractivity contribution in [3.8, 4) is 0 Å². The maximum atomic E-state index is 6.04. The molecule has 0 fully saturated rings. The van der Waals surface area contributed by atoms with Crippen LogP contribution in [-0.4, -0.2) is 20.1 Å². The fourth-order valence-electron chi connectivity index (χ4n) is 1.68. The van der Waals surface area contributed by atoms with E-state index in [4.69, 9.17) is 5.73 Å². The number of benzene rings is 1. The summed E-state index contributed by atoms with van der Waals surface area (Å²) < 4.78 is 0. The molecule has 0 bridgehead atoms. The summed E-state index contributed by atoms with van der Waals surface area (Å²) in [6.07, 6.45) is 1.02. The Morgan fingerprint density at radius 1 is 1.20 bits per heavy atom. The molecular weight excluding hydrogens is 184 g/mol. The van der Waals surface area contributed by atoms with Gasteiger partial charge in [0.2, 0.25) is 0 Å². The van der Waals surface area contributed by atoms with Crippen LogP contribution >= 0.6 is 0 Å². The normalized spacial score (nSPS) is 14.7. The van der Waals surface area contributed by atoms with E-state index in [1.165, 1.54) is 11.3 Å². The van der Waals surface area contributed by atoms with E-state index in [0.29, 0.717) is 5.92 Å². The highest BCUT2D eigenvalue weighted by Gasteiger charge is 2.12. The van der Waals surface area contributed by atoms with Gasteiger partial charge in [0.25, 0.3) is 0 Å². The summed E-state index contributed by atoms with van der Waals surface area (Å²) in [7, 11) is 4.10. The highest BCUT2D eigenvalue weighted by Crippen LogP contribution is 2.22. The topological polar surface area (TPSA) is 29.3 Å². The van der Waals surface area contributed by atoms with Gasteiger partial charge in [0, 0.05) is 25.8 Å². The first-order valence-electron chi connectivity index (χ1n) is 5.59. The number of nitrogens with zero attached hydrogens (tertiary/aromatic N) is 1. The van der Waals surface area contributed by atoms with E-state index in [-0.39, 0.29) is 6.04 Å². The van der Waals surface area contributed by atoms with Gasteiger partial charge in [-0.3, -0.25) is 0 Å². The van der Waals surface area contributed by atoms with Crippen molar-refractivity contribution in [2.24, 2.45) is 5.73 Å². The summed E-state index contributed by atoms with van der Waals surface area (Å²) >= 11 is 0. The predicted octanol–water partition coefficient (Wildman–Crippen LogP) is 2.59. The largest absolute Gasteiger partial charge is 0.378 e. The third kappa shape index (κ3) is 2.96. The van der Waals surface area contributed by atoms with Crippen molar-refractivity contribution in [1.82, 2.24) is 0 Å². The predicted molar refractivity (Wildman–Crippen MR) is 67.5 cm³/mol. The summed E-state index contributed by atoms with van der Waals surface area (Å²) in [5.74, 6) is 0.436. The quantitative estimate of drug-likeness (QED) is 0.820. The van der Waals surface area contributed by atoms with Gasteiger partial charge in [0.15, 0.2) is 0 Å². The van der Waals surface area contributed by atoms with E-state index >= 15 is 0 Å². The molecule has 0 saturated heterocycles. The third-order valence-corrected chi connectivity index (χ3v) is 3.05. The van der Waals surface area contributed by atoms with Crippen LogP contribution in [0.5, 0.6) is 0 Å². The minimum Gasteiger partial charge on any atom is -0.378 e. The standard InChI is InChI=1S/C13H22N2/c1-5-13(14)10(2)11-6-8-12(9-7-11)15(3)4/h6-10,13H,5,14H2,1-4H3. The van der Waals surface area contributed by atoms with E-state index in [1.807, 2.05) is 0 Å². The molecule has 84 valence electrons. The lowest BCUT2D eigenvalue weighted by molar-refractivity contribution is 0.551. The maximum absolute atomic E-state index is 6.04. The lowest BCUT2D eigenvalue weighted by Crippen LogP contribution is -2.25. The average molecular weight is 206 g/mol. The average Bonchev–Trinajstić information content (AvgIpc) is 2.27. The number of anilines is 1. The minimum absolute atomic E-state index is 0.259. The Morgan fingerprint density at radius 3 is 2.13 bits per heavy atom. The zero-order valence-electron chi connectivity index (χ0n) is 10.2. The minimum atomic E-state index is 0.259. The lowest BCUT2D eigenvalue weighted by atomic mass is 9.92. The van der Waals surface area contributed by atoms with Crippen LogP contribution in [-0.2, 0) is 0 Å². The first-order chi connectivity index (χ1) is 7.06. The molecule has 0 heterocycles. The van der Waals surface area contributed by atoms with Crippen molar-refractivity contribution < 1.29 is 0 Å². The smallest absolute Gasteiger partial charge is 0.0361 e. The van der Waals surface area contributed by atoms with Crippen molar-refractivity contribution in [3.63, 3.8) is 0 Å². The van der Waals surface area contributed by atoms with Crippen LogP contribution in [0, 0.1) is 0 Å². The molecule has 0 aliphatic heterocycles. The summed E-state index contributed by atoms with van der Waals surface area (Å²) in [6.45, 7) is 4.33. The summed E-state index contributed by atoms with van der Waals surface area (Å²) in [5, 5.41) is 0. The first kappa shape index (κ1) is 12.1. The molecule has 2 N–H and O–H groups in total. The fourth-order valence-corrected chi connectivity index (χ4v) is 1.68. The maximum Gasteiger partial charge on any atom is 0.0361 e. The van der Waals surface area contributed by atoms with Crippen molar-refractivity contribution in [3.05, 3.63) is 29.8 Å². The van der Waals surface area contributed by atoms with Crippen LogP contribution in [0.2, 0.25) is 0 Å². The highest BCUT2D eigenvalue weighted by atomic mass is 15.1. The Labute approximate surface area is 93.1 Å². The summed E-state index contributed by atoms with van der Waals surface area (Å²) in [6, 6.07) is 8.91. The van der Waals surface area contributed by atoms with Crippen molar-refractivity contribution in [2.45, 2.75) is 32.2 Å². The summed E-state index contributed by atoms with van der Waals surface area (Å²) in [4.78, 5) is 2.11. The molecule has 2 heteroatoms. The van der Waals surface area contributed by atoms with Crippen molar-refractivity contribution >= 4 is 5.69 Å². The lowest BCUT2D eigenvalue weighted by Gasteiger charge is -2.20. The van der Waals surface area contributed by atoms with E-state index < -0.39 is 0 Å². The Morgan fingerprint density at radius 2 is 1.73 bits per heavy atom. The van der Waals surface area contributed by atoms with Crippen molar-refractivity contribution in [1.29, 1.82) is 0 Å². The molecule has 0 aliphatic rings. The highest BCUT2D eigenvalue weighted by molar-refractivity contribution is 5.46. The second-order valence-electron chi connectivity index (χ2n) is 4.35. The molecule has 2 nitrogen and oxygen atoms in total. The van der Waals surface area contributed by atoms with Crippen molar-refractivity contribution in [2.75, 3.05) is 19.0 Å². The van der Waals surface area contributed by atoms with Crippen LogP contribution in [0.25, 0.3) is 0 Å². The Bertz CT molecular complexity index is 290. The molecule has 1 rings (SSSR count). The van der Waals surface area contributed by atoms with Gasteiger partial charge in [-0.2, -0.15) is 0 Å². The number of hydrogen-bond acceptors (Lipinski definition) is 2. The first-order valence-corrected chi connectivity index (χ1v) is 5.59. The molecule has 1 aromatic carbocycles. The second kappa shape index (κ2) is 5.17. The summed E-state index contributed by atoms with van der Waals surface area (Å²) in [5.41, 5.74) is 8.60. The number of hydrogen-bond donors (Lipinski definition) is 1. The van der Waals surface area contributed by atoms with Gasteiger partial charge in [0.05, 0.1) is 0 Å². The zero-order chi connectivity index (χ0) is 11.4. The van der Waals surface area contributed by atoms with Gasteiger partial charge in [-0.05, 0) is 30.0 Å². The molecule has 0 spiro atoms. The molecule has 0 radical (unpaired) electrons. The van der Waals surface area contributed by atoms with Crippen LogP contribution in [0.15, 0.2) is 24.3 Å². The monoisotopic (exact) mass is 206 g/mol. The molecule has 0 amide bonds. The molecule has 0 saturated carbocycles. The van der Waals surface area contributed by atoms with E-state index in [0.717, 1.165) is 6.42 Å². The third-order valence-electron chi connectivity index (χ3n) is 3.05. The van der Waals surface area contributed by atoms with Gasteiger partial charge in [-0.1, -0.05) is 26.0 Å². The Hall–Kier alpha value is -1.02. The SMILES string of the molecule is CCC(N)C(C)c1ccc(N(C)C)cc1. The molecule has 1 aromatic rings. The molecular formula is C13H22N2. The van der Waals surface area contributed by atoms with E-state index in [9.17, 15) is 0 Å². The number of nitrogens with two attached hydrogens (primary N) is 1. The van der Waals surface area contributed by atoms with Gasteiger partial charge in [-0.15, -0.1) is 0 Å². The Balaban J connectivity index is 2.79. The molecule has 0 aromatic heterocycles. The van der Waals surface area contributed by atoms with Crippen LogP contribution in [0.3, 0.4) is 0 Å². The number of rotatable bonds is 4. The molecule has 2 unspecified atom stereocenters. The van der Waals surface area contributed by atoms with E-state index in [1.54, 1.807) is 0 Å². The van der Waals surface area contributed by atoms with Crippen LogP contribution in [0.4, 0.5) is 5.69 Å². The molecule has 2 atom stereocenters. The molecule has 15 heavy (non-hydrogen) atoms. The van der Waals surface area contributed by atoms with Gasteiger partial charge >= 0.3 is 0 Å². The zero-order valence-corrected chi connectivity index (χ0v) is 10.2. The fraction of sp³-hybridized carbons (Fsp3) is 0.538. The van der Waals surface area contributed by atoms with E-state index in [2.05, 4.69) is 57.1 Å². The van der Waals surface area contributed by atoms with Crippen LogP contribution in [0.1, 0.15) is 31.7 Å². The van der Waals surface area contributed by atoms with Gasteiger partial charge < -0.3 is 10.6 Å². The second-order valence-corrected chi connectivity index (χ2v) is 4.35.